The van der Waals surface area contributed by atoms with Crippen LogP contribution >= 0.6 is 12.4 Å². The van der Waals surface area contributed by atoms with Crippen molar-refractivity contribution < 1.29 is 18.1 Å². The molecule has 1 aromatic carbocycles. The third-order valence-electron chi connectivity index (χ3n) is 3.50. The number of carbonyl (C=O) groups is 1. The molecule has 0 bridgehead atoms. The molecule has 1 heterocycles. The molecular formula is C13H19ClN4O5S. The van der Waals surface area contributed by atoms with Crippen molar-refractivity contribution >= 4 is 34.0 Å². The summed E-state index contributed by atoms with van der Waals surface area (Å²) in [5, 5.41) is 16.6. The fraction of sp³-hybridized carbons (Fsp3) is 0.462. The number of hydrogen-bond acceptors (Lipinski definition) is 6. The SMILES string of the molecule is Cl.O=C(NCCNS(=O)(=O)c1ccccc1[N+](=O)[O-])C1CCNC1. The highest BCUT2D eigenvalue weighted by atomic mass is 35.5. The molecule has 0 saturated carbocycles. The van der Waals surface area contributed by atoms with Crippen LogP contribution in [0.5, 0.6) is 0 Å². The zero-order valence-corrected chi connectivity index (χ0v) is 14.4. The van der Waals surface area contributed by atoms with E-state index in [4.69, 9.17) is 0 Å². The predicted molar refractivity (Wildman–Crippen MR) is 89.5 cm³/mol. The lowest BCUT2D eigenvalue weighted by Gasteiger charge is -2.11. The van der Waals surface area contributed by atoms with Crippen LogP contribution in [0, 0.1) is 16.0 Å². The highest BCUT2D eigenvalue weighted by molar-refractivity contribution is 7.89. The Labute approximate surface area is 145 Å². The van der Waals surface area contributed by atoms with Gasteiger partial charge in [-0.2, -0.15) is 0 Å². The van der Waals surface area contributed by atoms with Crippen LogP contribution in [0.1, 0.15) is 6.42 Å². The van der Waals surface area contributed by atoms with Crippen LogP contribution in [0.3, 0.4) is 0 Å². The van der Waals surface area contributed by atoms with E-state index in [2.05, 4.69) is 15.4 Å². The van der Waals surface area contributed by atoms with E-state index >= 15 is 0 Å². The second-order valence-electron chi connectivity index (χ2n) is 5.10. The number of para-hydroxylation sites is 1. The zero-order chi connectivity index (χ0) is 16.9. The molecule has 1 saturated heterocycles. The van der Waals surface area contributed by atoms with Gasteiger partial charge in [0.25, 0.3) is 5.69 Å². The van der Waals surface area contributed by atoms with Gasteiger partial charge in [-0.1, -0.05) is 12.1 Å². The van der Waals surface area contributed by atoms with Crippen molar-refractivity contribution in [2.45, 2.75) is 11.3 Å². The quantitative estimate of drug-likeness (QED) is 0.348. The van der Waals surface area contributed by atoms with E-state index in [1.54, 1.807) is 0 Å². The van der Waals surface area contributed by atoms with Gasteiger partial charge in [0.2, 0.25) is 15.9 Å². The molecule has 1 atom stereocenters. The first-order chi connectivity index (χ1) is 10.9. The van der Waals surface area contributed by atoms with Crippen LogP contribution in [0.2, 0.25) is 0 Å². The summed E-state index contributed by atoms with van der Waals surface area (Å²) in [5.74, 6) is -0.221. The predicted octanol–water partition coefficient (Wildman–Crippen LogP) is 0.0206. The van der Waals surface area contributed by atoms with Crippen LogP contribution in [0.25, 0.3) is 0 Å². The fourth-order valence-electron chi connectivity index (χ4n) is 2.31. The van der Waals surface area contributed by atoms with Crippen molar-refractivity contribution in [1.29, 1.82) is 0 Å². The molecule has 0 radical (unpaired) electrons. The van der Waals surface area contributed by atoms with Crippen LogP contribution in [-0.4, -0.2) is 45.4 Å². The summed E-state index contributed by atoms with van der Waals surface area (Å²) in [7, 11) is -4.01. The first-order valence-electron chi connectivity index (χ1n) is 7.13. The number of benzene rings is 1. The Morgan fingerprint density at radius 1 is 1.33 bits per heavy atom. The third kappa shape index (κ3) is 5.13. The van der Waals surface area contributed by atoms with Crippen molar-refractivity contribution in [3.8, 4) is 0 Å². The first kappa shape index (κ1) is 20.3. The molecule has 0 aromatic heterocycles. The Hall–Kier alpha value is -1.75. The Morgan fingerprint density at radius 2 is 2.04 bits per heavy atom. The number of nitrogens with zero attached hydrogens (tertiary/aromatic N) is 1. The van der Waals surface area contributed by atoms with Crippen molar-refractivity contribution in [3.63, 3.8) is 0 Å². The Kier molecular flexibility index (Phi) is 7.55. The van der Waals surface area contributed by atoms with Gasteiger partial charge in [-0.3, -0.25) is 14.9 Å². The van der Waals surface area contributed by atoms with Gasteiger partial charge in [0.15, 0.2) is 4.90 Å². The minimum Gasteiger partial charge on any atom is -0.355 e. The number of amides is 1. The summed E-state index contributed by atoms with van der Waals surface area (Å²) in [6.07, 6.45) is 0.758. The minimum absolute atomic E-state index is 0. The largest absolute Gasteiger partial charge is 0.355 e. The van der Waals surface area contributed by atoms with Crippen LogP contribution in [0.4, 0.5) is 5.69 Å². The van der Waals surface area contributed by atoms with E-state index in [-0.39, 0.29) is 37.3 Å². The van der Waals surface area contributed by atoms with Gasteiger partial charge >= 0.3 is 0 Å². The average Bonchev–Trinajstić information content (AvgIpc) is 3.06. The molecule has 11 heteroatoms. The maximum Gasteiger partial charge on any atom is 0.289 e. The summed E-state index contributed by atoms with van der Waals surface area (Å²) in [5.41, 5.74) is -0.485. The van der Waals surface area contributed by atoms with E-state index in [9.17, 15) is 23.3 Å². The number of halogens is 1. The van der Waals surface area contributed by atoms with Gasteiger partial charge in [0.1, 0.15) is 0 Å². The molecule has 1 aliphatic heterocycles. The van der Waals surface area contributed by atoms with Crippen LogP contribution in [0.15, 0.2) is 29.2 Å². The number of rotatable bonds is 7. The Bertz CT molecular complexity index is 691. The molecule has 3 N–H and O–H groups in total. The highest BCUT2D eigenvalue weighted by Gasteiger charge is 2.25. The normalized spacial score (nSPS) is 17.1. The Balaban J connectivity index is 0.00000288. The molecule has 1 unspecified atom stereocenters. The summed E-state index contributed by atoms with van der Waals surface area (Å²) in [6, 6.07) is 5.11. The number of nitrogens with one attached hydrogen (secondary N) is 3. The van der Waals surface area contributed by atoms with Crippen LogP contribution < -0.4 is 15.4 Å². The summed E-state index contributed by atoms with van der Waals surface area (Å²) in [6.45, 7) is 1.49. The van der Waals surface area contributed by atoms with Gasteiger partial charge in [0, 0.05) is 25.7 Å². The van der Waals surface area contributed by atoms with Gasteiger partial charge in [-0.15, -0.1) is 12.4 Å². The molecule has 0 spiro atoms. The van der Waals surface area contributed by atoms with E-state index < -0.39 is 25.5 Å². The van der Waals surface area contributed by atoms with Crippen molar-refractivity contribution in [3.05, 3.63) is 34.4 Å². The molecule has 134 valence electrons. The van der Waals surface area contributed by atoms with E-state index in [0.717, 1.165) is 19.0 Å². The second kappa shape index (κ2) is 8.92. The molecular weight excluding hydrogens is 360 g/mol. The van der Waals surface area contributed by atoms with Gasteiger partial charge in [-0.05, 0) is 19.0 Å². The minimum atomic E-state index is -4.01. The van der Waals surface area contributed by atoms with Gasteiger partial charge < -0.3 is 10.6 Å². The molecule has 0 aliphatic carbocycles. The smallest absolute Gasteiger partial charge is 0.289 e. The lowest BCUT2D eigenvalue weighted by Crippen LogP contribution is -2.38. The molecule has 2 rings (SSSR count). The molecule has 1 aromatic rings. The average molecular weight is 379 g/mol. The molecule has 9 nitrogen and oxygen atoms in total. The molecule has 1 aliphatic rings. The zero-order valence-electron chi connectivity index (χ0n) is 12.7. The maximum absolute atomic E-state index is 12.1. The molecule has 24 heavy (non-hydrogen) atoms. The second-order valence-corrected chi connectivity index (χ2v) is 6.84. The topological polar surface area (TPSA) is 130 Å². The van der Waals surface area contributed by atoms with Crippen molar-refractivity contribution in [1.82, 2.24) is 15.4 Å². The number of nitro benzene ring substituents is 1. The first-order valence-corrected chi connectivity index (χ1v) is 8.61. The van der Waals surface area contributed by atoms with Crippen molar-refractivity contribution in [2.24, 2.45) is 5.92 Å². The standard InChI is InChI=1S/C13H18N4O5S.ClH/c18-13(10-5-6-14-9-10)15-7-8-16-23(21,22)12-4-2-1-3-11(12)17(19)20;/h1-4,10,14,16H,5-9H2,(H,15,18);1H. The van der Waals surface area contributed by atoms with E-state index in [1.807, 2.05) is 0 Å². The van der Waals surface area contributed by atoms with Gasteiger partial charge in [0.05, 0.1) is 10.8 Å². The molecule has 1 amide bonds. The summed E-state index contributed by atoms with van der Waals surface area (Å²) >= 11 is 0. The van der Waals surface area contributed by atoms with Crippen LogP contribution in [-0.2, 0) is 14.8 Å². The Morgan fingerprint density at radius 3 is 2.67 bits per heavy atom. The van der Waals surface area contributed by atoms with Crippen molar-refractivity contribution in [2.75, 3.05) is 26.2 Å². The van der Waals surface area contributed by atoms with Gasteiger partial charge in [-0.25, -0.2) is 13.1 Å². The van der Waals surface area contributed by atoms with E-state index in [1.165, 1.54) is 18.2 Å². The third-order valence-corrected chi connectivity index (χ3v) is 5.01. The fourth-order valence-corrected chi connectivity index (χ4v) is 3.51. The highest BCUT2D eigenvalue weighted by Crippen LogP contribution is 2.22. The summed E-state index contributed by atoms with van der Waals surface area (Å²) in [4.78, 5) is 21.5. The monoisotopic (exact) mass is 378 g/mol. The number of hydrogen-bond donors (Lipinski definition) is 3. The lowest BCUT2D eigenvalue weighted by molar-refractivity contribution is -0.387. The summed E-state index contributed by atoms with van der Waals surface area (Å²) < 4.78 is 26.5. The molecule has 1 fully saturated rings. The number of nitro groups is 1. The lowest BCUT2D eigenvalue weighted by atomic mass is 10.1. The van der Waals surface area contributed by atoms with E-state index in [0.29, 0.717) is 6.54 Å². The number of sulfonamides is 1. The number of carbonyl (C=O) groups excluding carboxylic acids is 1. The maximum atomic E-state index is 12.1.